The van der Waals surface area contributed by atoms with Crippen LogP contribution in [0.1, 0.15) is 19.4 Å². The van der Waals surface area contributed by atoms with Crippen LogP contribution in [0.15, 0.2) is 24.3 Å². The molecule has 1 rings (SSSR count). The smallest absolute Gasteiger partial charge is 0.308 e. The molecular formula is C15H21Cl3NO3P. The van der Waals surface area contributed by atoms with Gasteiger partial charge in [0, 0.05) is 5.03 Å². The Morgan fingerprint density at radius 1 is 1.22 bits per heavy atom. The lowest BCUT2D eigenvalue weighted by molar-refractivity contribution is 0.196. The maximum absolute atomic E-state index is 13.0. The Morgan fingerprint density at radius 2 is 1.78 bits per heavy atom. The van der Waals surface area contributed by atoms with Crippen molar-refractivity contribution >= 4 is 47.4 Å². The normalized spacial score (nSPS) is 14.3. The molecule has 1 atom stereocenters. The molecule has 23 heavy (non-hydrogen) atoms. The van der Waals surface area contributed by atoms with Gasteiger partial charge in [-0.3, -0.25) is 9.46 Å². The second-order valence-electron chi connectivity index (χ2n) is 4.90. The van der Waals surface area contributed by atoms with E-state index in [1.165, 1.54) is 0 Å². The Bertz CT molecular complexity index is 598. The summed E-state index contributed by atoms with van der Waals surface area (Å²) in [4.78, 5) is 1.74. The first-order valence-electron chi connectivity index (χ1n) is 7.13. The van der Waals surface area contributed by atoms with E-state index >= 15 is 0 Å². The van der Waals surface area contributed by atoms with Crippen molar-refractivity contribution in [2.45, 2.75) is 19.6 Å². The van der Waals surface area contributed by atoms with Gasteiger partial charge in [0.15, 0.2) is 0 Å². The third kappa shape index (κ3) is 5.75. The highest BCUT2D eigenvalue weighted by Crippen LogP contribution is 2.54. The standard InChI is InChI=1S/C15H21Cl3NO3P/c1-5-21-23(20,22-6-2)15(19(3)4)10-13(17)11-7-8-12(16)14(18)9-11/h7-10,15H,5-6H2,1-4H3/b13-10-. The number of hydrogen-bond acceptors (Lipinski definition) is 4. The van der Waals surface area contributed by atoms with E-state index in [0.717, 1.165) is 0 Å². The molecule has 0 amide bonds. The molecule has 0 aliphatic rings. The zero-order valence-corrected chi connectivity index (χ0v) is 16.7. The summed E-state index contributed by atoms with van der Waals surface area (Å²) in [6, 6.07) is 5.05. The minimum Gasteiger partial charge on any atom is -0.308 e. The van der Waals surface area contributed by atoms with Crippen LogP contribution in [0.5, 0.6) is 0 Å². The van der Waals surface area contributed by atoms with E-state index in [9.17, 15) is 4.57 Å². The molecule has 0 aromatic heterocycles. The van der Waals surface area contributed by atoms with Crippen LogP contribution < -0.4 is 0 Å². The molecule has 0 spiro atoms. The first-order valence-corrected chi connectivity index (χ1v) is 9.87. The predicted octanol–water partition coefficient (Wildman–Crippen LogP) is 5.73. The fourth-order valence-corrected chi connectivity index (χ4v) is 4.56. The SMILES string of the molecule is CCOP(=O)(OCC)C(/C=C(\Cl)c1ccc(Cl)c(Cl)c1)N(C)C. The van der Waals surface area contributed by atoms with Gasteiger partial charge in [-0.2, -0.15) is 0 Å². The van der Waals surface area contributed by atoms with Crippen molar-refractivity contribution < 1.29 is 13.6 Å². The van der Waals surface area contributed by atoms with Crippen LogP contribution in [0.4, 0.5) is 0 Å². The highest BCUT2D eigenvalue weighted by molar-refractivity contribution is 7.54. The van der Waals surface area contributed by atoms with Crippen molar-refractivity contribution in [2.75, 3.05) is 27.3 Å². The number of likely N-dealkylation sites (N-methyl/N-ethyl adjacent to an activating group) is 1. The molecule has 0 saturated heterocycles. The van der Waals surface area contributed by atoms with Gasteiger partial charge in [-0.15, -0.1) is 0 Å². The Labute approximate surface area is 152 Å². The zero-order chi connectivity index (χ0) is 17.6. The van der Waals surface area contributed by atoms with E-state index < -0.39 is 13.4 Å². The topological polar surface area (TPSA) is 38.8 Å². The average molecular weight is 401 g/mol. The number of halogens is 3. The van der Waals surface area contributed by atoms with Gasteiger partial charge in [0.2, 0.25) is 0 Å². The first kappa shape index (κ1) is 21.0. The third-order valence-corrected chi connectivity index (χ3v) is 6.54. The van der Waals surface area contributed by atoms with Crippen LogP contribution in [0.3, 0.4) is 0 Å². The molecule has 0 fully saturated rings. The van der Waals surface area contributed by atoms with E-state index in [2.05, 4.69) is 0 Å². The fraction of sp³-hybridized carbons (Fsp3) is 0.467. The fourth-order valence-electron chi connectivity index (χ4n) is 1.94. The van der Waals surface area contributed by atoms with Gasteiger partial charge in [0.1, 0.15) is 5.78 Å². The summed E-state index contributed by atoms with van der Waals surface area (Å²) in [7, 11) is 0.190. The minimum atomic E-state index is -3.38. The summed E-state index contributed by atoms with van der Waals surface area (Å²) in [5.41, 5.74) is 0.674. The summed E-state index contributed by atoms with van der Waals surface area (Å²) in [6.07, 6.45) is 1.65. The second kappa shape index (κ2) is 9.43. The van der Waals surface area contributed by atoms with Crippen molar-refractivity contribution in [1.82, 2.24) is 4.90 Å². The summed E-state index contributed by atoms with van der Waals surface area (Å²) < 4.78 is 23.8. The maximum Gasteiger partial charge on any atom is 0.351 e. The Balaban J connectivity index is 3.23. The van der Waals surface area contributed by atoms with Gasteiger partial charge in [0.05, 0.1) is 23.3 Å². The summed E-state index contributed by atoms with van der Waals surface area (Å²) in [6.45, 7) is 4.09. The zero-order valence-electron chi connectivity index (χ0n) is 13.6. The molecule has 1 aromatic rings. The van der Waals surface area contributed by atoms with Crippen molar-refractivity contribution in [3.63, 3.8) is 0 Å². The quantitative estimate of drug-likeness (QED) is 0.523. The lowest BCUT2D eigenvalue weighted by atomic mass is 10.2. The molecule has 130 valence electrons. The van der Waals surface area contributed by atoms with E-state index in [1.807, 2.05) is 0 Å². The van der Waals surface area contributed by atoms with Crippen molar-refractivity contribution in [3.8, 4) is 0 Å². The van der Waals surface area contributed by atoms with Crippen LogP contribution in [-0.2, 0) is 13.6 Å². The Hall–Kier alpha value is -0.0600. The van der Waals surface area contributed by atoms with Gasteiger partial charge in [-0.25, -0.2) is 0 Å². The number of nitrogens with zero attached hydrogens (tertiary/aromatic N) is 1. The Kier molecular flexibility index (Phi) is 8.60. The van der Waals surface area contributed by atoms with Crippen molar-refractivity contribution in [3.05, 3.63) is 39.9 Å². The lowest BCUT2D eigenvalue weighted by Gasteiger charge is -2.29. The van der Waals surface area contributed by atoms with Crippen molar-refractivity contribution in [2.24, 2.45) is 0 Å². The molecule has 0 aliphatic carbocycles. The number of benzene rings is 1. The lowest BCUT2D eigenvalue weighted by Crippen LogP contribution is -2.28. The molecule has 1 aromatic carbocycles. The minimum absolute atomic E-state index is 0.278. The van der Waals surface area contributed by atoms with E-state index in [0.29, 0.717) is 20.6 Å². The highest BCUT2D eigenvalue weighted by Gasteiger charge is 2.36. The van der Waals surface area contributed by atoms with Crippen LogP contribution in [0.25, 0.3) is 5.03 Å². The number of rotatable bonds is 8. The van der Waals surface area contributed by atoms with Gasteiger partial charge < -0.3 is 9.05 Å². The van der Waals surface area contributed by atoms with Gasteiger partial charge in [-0.1, -0.05) is 40.9 Å². The molecule has 0 aliphatic heterocycles. The van der Waals surface area contributed by atoms with Crippen molar-refractivity contribution in [1.29, 1.82) is 0 Å². The molecule has 0 N–H and O–H groups in total. The van der Waals surface area contributed by atoms with Crippen LogP contribution in [-0.4, -0.2) is 38.0 Å². The van der Waals surface area contributed by atoms with Crippen LogP contribution in [0, 0.1) is 0 Å². The molecule has 8 heteroatoms. The molecule has 0 saturated carbocycles. The van der Waals surface area contributed by atoms with Crippen LogP contribution >= 0.6 is 42.4 Å². The first-order chi connectivity index (χ1) is 10.7. The van der Waals surface area contributed by atoms with Gasteiger partial charge in [0.25, 0.3) is 0 Å². The molecule has 0 radical (unpaired) electrons. The molecule has 1 unspecified atom stereocenters. The Morgan fingerprint density at radius 3 is 2.22 bits per heavy atom. The van der Waals surface area contributed by atoms with E-state index in [1.54, 1.807) is 57.1 Å². The summed E-state index contributed by atoms with van der Waals surface area (Å²) >= 11 is 18.3. The molecular weight excluding hydrogens is 380 g/mol. The van der Waals surface area contributed by atoms with E-state index in [-0.39, 0.29) is 13.2 Å². The predicted molar refractivity (Wildman–Crippen MR) is 98.6 cm³/mol. The molecule has 0 heterocycles. The maximum atomic E-state index is 13.0. The van der Waals surface area contributed by atoms with E-state index in [4.69, 9.17) is 43.9 Å². The monoisotopic (exact) mass is 399 g/mol. The third-order valence-electron chi connectivity index (χ3n) is 2.96. The van der Waals surface area contributed by atoms with Gasteiger partial charge in [-0.05, 0) is 51.7 Å². The number of hydrogen-bond donors (Lipinski definition) is 0. The molecule has 0 bridgehead atoms. The second-order valence-corrected chi connectivity index (χ2v) is 8.24. The molecule has 4 nitrogen and oxygen atoms in total. The van der Waals surface area contributed by atoms with Gasteiger partial charge >= 0.3 is 7.60 Å². The average Bonchev–Trinajstić information content (AvgIpc) is 2.47. The largest absolute Gasteiger partial charge is 0.351 e. The summed E-state index contributed by atoms with van der Waals surface area (Å²) in [5, 5.41) is 1.23. The summed E-state index contributed by atoms with van der Waals surface area (Å²) in [5.74, 6) is -0.621. The van der Waals surface area contributed by atoms with Crippen LogP contribution in [0.2, 0.25) is 10.0 Å². The highest BCUT2D eigenvalue weighted by atomic mass is 35.5.